The molecule has 2 heteroatoms. The van der Waals surface area contributed by atoms with E-state index in [-0.39, 0.29) is 0 Å². The Morgan fingerprint density at radius 1 is 1.00 bits per heavy atom. The molecule has 1 N–H and O–H groups in total. The minimum absolute atomic E-state index is 0.651. The molecule has 0 fully saturated rings. The highest BCUT2D eigenvalue weighted by atomic mass is 16.6. The number of hydrogen-bond donors (Lipinski definition) is 1. The average Bonchev–Trinajstić information content (AvgIpc) is 2.31. The lowest BCUT2D eigenvalue weighted by atomic mass is 10.2. The lowest BCUT2D eigenvalue weighted by Gasteiger charge is -2.13. The van der Waals surface area contributed by atoms with Gasteiger partial charge in [0.1, 0.15) is 5.75 Å². The number of para-hydroxylation sites is 1. The van der Waals surface area contributed by atoms with Crippen molar-refractivity contribution in [3.63, 3.8) is 0 Å². The summed E-state index contributed by atoms with van der Waals surface area (Å²) in [6.07, 6.45) is -0.929. The molecule has 0 heterocycles. The van der Waals surface area contributed by atoms with Crippen LogP contribution in [0.15, 0.2) is 54.6 Å². The first-order valence-corrected chi connectivity index (χ1v) is 4.72. The summed E-state index contributed by atoms with van der Waals surface area (Å²) in [5, 5.41) is 9.74. The fourth-order valence-electron chi connectivity index (χ4n) is 1.26. The van der Waals surface area contributed by atoms with E-state index in [0.717, 1.165) is 5.56 Å². The van der Waals surface area contributed by atoms with E-state index in [1.807, 2.05) is 18.2 Å². The normalized spacial score (nSPS) is 12.1. The third-order valence-electron chi connectivity index (χ3n) is 2.02. The molecular formula is C13H11O2. The Balaban J connectivity index is 2.08. The zero-order valence-corrected chi connectivity index (χ0v) is 8.13. The van der Waals surface area contributed by atoms with Crippen LogP contribution in [-0.2, 0) is 0 Å². The first-order valence-electron chi connectivity index (χ1n) is 4.72. The van der Waals surface area contributed by atoms with Crippen LogP contribution >= 0.6 is 0 Å². The Morgan fingerprint density at radius 2 is 1.67 bits per heavy atom. The summed E-state index contributed by atoms with van der Waals surface area (Å²) in [5.41, 5.74) is 0.720. The van der Waals surface area contributed by atoms with Crippen molar-refractivity contribution in [3.8, 4) is 5.75 Å². The van der Waals surface area contributed by atoms with Crippen molar-refractivity contribution in [1.82, 2.24) is 0 Å². The van der Waals surface area contributed by atoms with E-state index in [1.165, 1.54) is 0 Å². The van der Waals surface area contributed by atoms with E-state index < -0.39 is 6.29 Å². The molecule has 2 nitrogen and oxygen atoms in total. The molecule has 2 aromatic rings. The maximum Gasteiger partial charge on any atom is 0.224 e. The third-order valence-corrected chi connectivity index (χ3v) is 2.02. The number of ether oxygens (including phenoxy) is 1. The second kappa shape index (κ2) is 4.62. The Labute approximate surface area is 88.8 Å². The van der Waals surface area contributed by atoms with Crippen molar-refractivity contribution in [1.29, 1.82) is 0 Å². The van der Waals surface area contributed by atoms with Crippen molar-refractivity contribution < 1.29 is 9.84 Å². The molecule has 0 aliphatic heterocycles. The zero-order chi connectivity index (χ0) is 10.5. The highest BCUT2D eigenvalue weighted by molar-refractivity contribution is 5.23. The van der Waals surface area contributed by atoms with Crippen LogP contribution in [0.4, 0.5) is 0 Å². The van der Waals surface area contributed by atoms with E-state index in [2.05, 4.69) is 6.07 Å². The van der Waals surface area contributed by atoms with Gasteiger partial charge < -0.3 is 9.84 Å². The van der Waals surface area contributed by atoms with Gasteiger partial charge >= 0.3 is 0 Å². The average molecular weight is 199 g/mol. The predicted octanol–water partition coefficient (Wildman–Crippen LogP) is 2.56. The Morgan fingerprint density at radius 3 is 2.33 bits per heavy atom. The van der Waals surface area contributed by atoms with Gasteiger partial charge in [0.25, 0.3) is 0 Å². The fourth-order valence-corrected chi connectivity index (χ4v) is 1.26. The lowest BCUT2D eigenvalue weighted by Crippen LogP contribution is -2.05. The molecule has 75 valence electrons. The summed E-state index contributed by atoms with van der Waals surface area (Å²) in [6.45, 7) is 0. The van der Waals surface area contributed by atoms with Gasteiger partial charge in [0.15, 0.2) is 0 Å². The standard InChI is InChI=1S/C13H11O2/c14-13(11-7-3-1-4-8-11)15-12-9-5-2-6-10-12/h2-10,13-14H. The summed E-state index contributed by atoms with van der Waals surface area (Å²) in [6, 6.07) is 19.1. The quantitative estimate of drug-likeness (QED) is 0.770. The van der Waals surface area contributed by atoms with Crippen LogP contribution < -0.4 is 4.74 Å². The monoisotopic (exact) mass is 199 g/mol. The van der Waals surface area contributed by atoms with Crippen LogP contribution in [-0.4, -0.2) is 5.11 Å². The molecule has 0 aliphatic carbocycles. The predicted molar refractivity (Wildman–Crippen MR) is 57.3 cm³/mol. The van der Waals surface area contributed by atoms with Crippen molar-refractivity contribution in [2.75, 3.05) is 0 Å². The van der Waals surface area contributed by atoms with E-state index in [9.17, 15) is 5.11 Å². The van der Waals surface area contributed by atoms with E-state index in [1.54, 1.807) is 36.4 Å². The van der Waals surface area contributed by atoms with E-state index in [0.29, 0.717) is 5.75 Å². The summed E-state index contributed by atoms with van der Waals surface area (Å²) >= 11 is 0. The molecule has 0 amide bonds. The molecule has 1 unspecified atom stereocenters. The van der Waals surface area contributed by atoms with Gasteiger partial charge in [-0.3, -0.25) is 0 Å². The zero-order valence-electron chi connectivity index (χ0n) is 8.13. The molecule has 0 spiro atoms. The third kappa shape index (κ3) is 2.58. The number of rotatable bonds is 3. The smallest absolute Gasteiger partial charge is 0.224 e. The number of aliphatic hydroxyl groups is 1. The van der Waals surface area contributed by atoms with Gasteiger partial charge in [0.2, 0.25) is 6.29 Å². The van der Waals surface area contributed by atoms with Gasteiger partial charge in [0.05, 0.1) is 0 Å². The second-order valence-electron chi connectivity index (χ2n) is 3.12. The summed E-state index contributed by atoms with van der Waals surface area (Å²) in [7, 11) is 0. The molecule has 0 saturated carbocycles. The summed E-state index contributed by atoms with van der Waals surface area (Å²) in [5.74, 6) is 0.651. The Hall–Kier alpha value is -1.80. The summed E-state index contributed by atoms with van der Waals surface area (Å²) < 4.78 is 5.34. The topological polar surface area (TPSA) is 29.5 Å². The van der Waals surface area contributed by atoms with Crippen LogP contribution in [0.1, 0.15) is 11.9 Å². The number of benzene rings is 2. The molecule has 2 rings (SSSR count). The van der Waals surface area contributed by atoms with Gasteiger partial charge in [-0.2, -0.15) is 0 Å². The van der Waals surface area contributed by atoms with Crippen LogP contribution in [0.5, 0.6) is 5.75 Å². The van der Waals surface area contributed by atoms with Gasteiger partial charge in [-0.1, -0.05) is 42.5 Å². The fraction of sp³-hybridized carbons (Fsp3) is 0.0769. The molecule has 0 bridgehead atoms. The molecule has 15 heavy (non-hydrogen) atoms. The minimum Gasteiger partial charge on any atom is -0.461 e. The molecule has 2 aromatic carbocycles. The lowest BCUT2D eigenvalue weighted by molar-refractivity contribution is -0.0194. The van der Waals surface area contributed by atoms with Crippen molar-refractivity contribution in [3.05, 3.63) is 66.2 Å². The molecule has 1 radical (unpaired) electrons. The van der Waals surface area contributed by atoms with Crippen LogP contribution in [0.3, 0.4) is 0 Å². The second-order valence-corrected chi connectivity index (χ2v) is 3.12. The maximum atomic E-state index is 9.74. The molecule has 0 aromatic heterocycles. The van der Waals surface area contributed by atoms with Crippen LogP contribution in [0, 0.1) is 6.07 Å². The largest absolute Gasteiger partial charge is 0.461 e. The Kier molecular flexibility index (Phi) is 3.00. The van der Waals surface area contributed by atoms with Crippen molar-refractivity contribution in [2.45, 2.75) is 6.29 Å². The van der Waals surface area contributed by atoms with Crippen LogP contribution in [0.25, 0.3) is 0 Å². The van der Waals surface area contributed by atoms with Gasteiger partial charge in [0, 0.05) is 5.56 Å². The van der Waals surface area contributed by atoms with Crippen LogP contribution in [0.2, 0.25) is 0 Å². The summed E-state index contributed by atoms with van der Waals surface area (Å²) in [4.78, 5) is 0. The van der Waals surface area contributed by atoms with E-state index >= 15 is 0 Å². The highest BCUT2D eigenvalue weighted by Gasteiger charge is 2.07. The first-order chi connectivity index (χ1) is 7.36. The molecule has 0 aliphatic rings. The highest BCUT2D eigenvalue weighted by Crippen LogP contribution is 2.18. The minimum atomic E-state index is -0.929. The van der Waals surface area contributed by atoms with Crippen molar-refractivity contribution >= 4 is 0 Å². The molecule has 1 atom stereocenters. The van der Waals surface area contributed by atoms with Gasteiger partial charge in [-0.25, -0.2) is 0 Å². The molecular weight excluding hydrogens is 188 g/mol. The van der Waals surface area contributed by atoms with Gasteiger partial charge in [-0.15, -0.1) is 0 Å². The number of hydrogen-bond acceptors (Lipinski definition) is 2. The Bertz CT molecular complexity index is 397. The maximum absolute atomic E-state index is 9.74. The first kappa shape index (κ1) is 9.74. The van der Waals surface area contributed by atoms with Gasteiger partial charge in [-0.05, 0) is 18.2 Å². The SMILES string of the molecule is OC(Oc1ccccc1)c1cc[c]cc1. The number of aliphatic hydroxyl groups excluding tert-OH is 1. The van der Waals surface area contributed by atoms with Crippen molar-refractivity contribution in [2.24, 2.45) is 0 Å². The molecule has 0 saturated heterocycles. The van der Waals surface area contributed by atoms with E-state index in [4.69, 9.17) is 4.74 Å².